The predicted molar refractivity (Wildman–Crippen MR) is 77.9 cm³/mol. The van der Waals surface area contributed by atoms with Gasteiger partial charge in [0.15, 0.2) is 0 Å². The average Bonchev–Trinajstić information content (AvgIpc) is 3.13. The Morgan fingerprint density at radius 1 is 1.29 bits per heavy atom. The van der Waals surface area contributed by atoms with E-state index in [-0.39, 0.29) is 4.90 Å². The standard InChI is InChI=1S/C12H20N6O2S/c13-3-1-7-18-10-12(9-15-18)21(19,20)16-4-2-6-17-8-5-14-11-17/h5,8-11,16H,1-4,6-7,13H2. The summed E-state index contributed by atoms with van der Waals surface area (Å²) in [6, 6.07) is 0. The van der Waals surface area contributed by atoms with Crippen molar-refractivity contribution in [1.82, 2.24) is 24.1 Å². The first-order chi connectivity index (χ1) is 10.1. The van der Waals surface area contributed by atoms with Gasteiger partial charge in [-0.1, -0.05) is 0 Å². The monoisotopic (exact) mass is 312 g/mol. The lowest BCUT2D eigenvalue weighted by molar-refractivity contribution is 0.567. The first-order valence-electron chi connectivity index (χ1n) is 6.80. The van der Waals surface area contributed by atoms with Crippen molar-refractivity contribution in [2.45, 2.75) is 30.8 Å². The second kappa shape index (κ2) is 7.34. The molecule has 0 fully saturated rings. The minimum Gasteiger partial charge on any atom is -0.337 e. The van der Waals surface area contributed by atoms with Gasteiger partial charge in [0.25, 0.3) is 0 Å². The van der Waals surface area contributed by atoms with Crippen molar-refractivity contribution in [3.8, 4) is 0 Å². The van der Waals surface area contributed by atoms with E-state index in [1.54, 1.807) is 17.2 Å². The number of aryl methyl sites for hydroxylation is 2. The van der Waals surface area contributed by atoms with E-state index in [9.17, 15) is 8.42 Å². The van der Waals surface area contributed by atoms with Gasteiger partial charge in [0.05, 0.1) is 12.5 Å². The molecule has 0 saturated heterocycles. The summed E-state index contributed by atoms with van der Waals surface area (Å²) in [6.45, 7) is 2.26. The van der Waals surface area contributed by atoms with Crippen LogP contribution in [-0.2, 0) is 23.1 Å². The SMILES string of the molecule is NCCCn1cc(S(=O)(=O)NCCCn2ccnc2)cn1. The molecule has 9 heteroatoms. The Morgan fingerprint density at radius 3 is 2.86 bits per heavy atom. The van der Waals surface area contributed by atoms with Crippen LogP contribution < -0.4 is 10.5 Å². The van der Waals surface area contributed by atoms with E-state index >= 15 is 0 Å². The van der Waals surface area contributed by atoms with Crippen LogP contribution in [0, 0.1) is 0 Å². The van der Waals surface area contributed by atoms with Crippen LogP contribution in [0.4, 0.5) is 0 Å². The number of nitrogens with one attached hydrogen (secondary N) is 1. The molecule has 0 bridgehead atoms. The van der Waals surface area contributed by atoms with Crippen LogP contribution in [0.3, 0.4) is 0 Å². The second-order valence-corrected chi connectivity index (χ2v) is 6.40. The van der Waals surface area contributed by atoms with Crippen molar-refractivity contribution in [3.05, 3.63) is 31.1 Å². The summed E-state index contributed by atoms with van der Waals surface area (Å²) in [4.78, 5) is 4.11. The van der Waals surface area contributed by atoms with Crippen molar-refractivity contribution in [2.75, 3.05) is 13.1 Å². The summed E-state index contributed by atoms with van der Waals surface area (Å²) in [5.41, 5.74) is 5.41. The fraction of sp³-hybridized carbons (Fsp3) is 0.500. The molecule has 0 atom stereocenters. The molecule has 0 spiro atoms. The molecule has 0 unspecified atom stereocenters. The Hall–Kier alpha value is -1.71. The van der Waals surface area contributed by atoms with Gasteiger partial charge in [-0.05, 0) is 19.4 Å². The lowest BCUT2D eigenvalue weighted by Gasteiger charge is -2.05. The predicted octanol–water partition coefficient (Wildman–Crippen LogP) is -0.203. The highest BCUT2D eigenvalue weighted by Gasteiger charge is 2.15. The maximum Gasteiger partial charge on any atom is 0.243 e. The van der Waals surface area contributed by atoms with Gasteiger partial charge >= 0.3 is 0 Å². The van der Waals surface area contributed by atoms with Crippen LogP contribution >= 0.6 is 0 Å². The molecule has 2 rings (SSSR count). The molecule has 2 aromatic heterocycles. The molecule has 3 N–H and O–H groups in total. The van der Waals surface area contributed by atoms with E-state index in [0.717, 1.165) is 13.0 Å². The Kier molecular flexibility index (Phi) is 5.48. The van der Waals surface area contributed by atoms with Gasteiger partial charge in [-0.3, -0.25) is 4.68 Å². The maximum absolute atomic E-state index is 12.1. The van der Waals surface area contributed by atoms with Crippen molar-refractivity contribution in [1.29, 1.82) is 0 Å². The average molecular weight is 312 g/mol. The molecule has 0 amide bonds. The van der Waals surface area contributed by atoms with Gasteiger partial charge in [0, 0.05) is 38.2 Å². The molecule has 0 saturated carbocycles. The van der Waals surface area contributed by atoms with Gasteiger partial charge in [-0.15, -0.1) is 0 Å². The van der Waals surface area contributed by atoms with E-state index in [0.29, 0.717) is 26.1 Å². The minimum atomic E-state index is -3.50. The third kappa shape index (κ3) is 4.66. The lowest BCUT2D eigenvalue weighted by Crippen LogP contribution is -2.25. The molecule has 0 aliphatic rings. The second-order valence-electron chi connectivity index (χ2n) is 4.63. The Bertz CT molecular complexity index is 635. The lowest BCUT2D eigenvalue weighted by atomic mass is 10.4. The van der Waals surface area contributed by atoms with Crippen LogP contribution in [0.2, 0.25) is 0 Å². The van der Waals surface area contributed by atoms with Gasteiger partial charge in [0.2, 0.25) is 10.0 Å². The summed E-state index contributed by atoms with van der Waals surface area (Å²) in [7, 11) is -3.50. The summed E-state index contributed by atoms with van der Waals surface area (Å²) in [5, 5.41) is 4.02. The number of nitrogens with two attached hydrogens (primary N) is 1. The Balaban J connectivity index is 1.82. The molecule has 2 aromatic rings. The van der Waals surface area contributed by atoms with E-state index < -0.39 is 10.0 Å². The largest absolute Gasteiger partial charge is 0.337 e. The van der Waals surface area contributed by atoms with Crippen LogP contribution in [0.1, 0.15) is 12.8 Å². The van der Waals surface area contributed by atoms with Gasteiger partial charge in [-0.2, -0.15) is 5.10 Å². The quantitative estimate of drug-likeness (QED) is 0.623. The highest BCUT2D eigenvalue weighted by atomic mass is 32.2. The summed E-state index contributed by atoms with van der Waals surface area (Å²) >= 11 is 0. The number of rotatable bonds is 9. The third-order valence-electron chi connectivity index (χ3n) is 2.96. The highest BCUT2D eigenvalue weighted by molar-refractivity contribution is 7.89. The first kappa shape index (κ1) is 15.7. The van der Waals surface area contributed by atoms with Crippen molar-refractivity contribution in [2.24, 2.45) is 5.73 Å². The van der Waals surface area contributed by atoms with Gasteiger partial charge in [0.1, 0.15) is 4.90 Å². The highest BCUT2D eigenvalue weighted by Crippen LogP contribution is 2.07. The number of hydrogen-bond acceptors (Lipinski definition) is 5. The fourth-order valence-corrected chi connectivity index (χ4v) is 2.86. The molecule has 21 heavy (non-hydrogen) atoms. The van der Waals surface area contributed by atoms with Crippen LogP contribution in [0.15, 0.2) is 36.0 Å². The maximum atomic E-state index is 12.1. The molecule has 0 aliphatic heterocycles. The van der Waals surface area contributed by atoms with Crippen molar-refractivity contribution >= 4 is 10.0 Å². The van der Waals surface area contributed by atoms with E-state index in [1.807, 2.05) is 10.8 Å². The van der Waals surface area contributed by atoms with Crippen LogP contribution in [0.25, 0.3) is 0 Å². The van der Waals surface area contributed by atoms with Crippen LogP contribution in [0.5, 0.6) is 0 Å². The molecular formula is C12H20N6O2S. The van der Waals surface area contributed by atoms with E-state index in [2.05, 4.69) is 14.8 Å². The minimum absolute atomic E-state index is 0.183. The van der Waals surface area contributed by atoms with E-state index in [1.165, 1.54) is 12.4 Å². The Labute approximate surface area is 124 Å². The van der Waals surface area contributed by atoms with Crippen LogP contribution in [-0.4, -0.2) is 40.8 Å². The van der Waals surface area contributed by atoms with Gasteiger partial charge in [-0.25, -0.2) is 18.1 Å². The topological polar surface area (TPSA) is 108 Å². The van der Waals surface area contributed by atoms with Crippen molar-refractivity contribution < 1.29 is 8.42 Å². The summed E-state index contributed by atoms with van der Waals surface area (Å²) < 4.78 is 30.2. The molecule has 8 nitrogen and oxygen atoms in total. The molecule has 116 valence electrons. The zero-order valence-corrected chi connectivity index (χ0v) is 12.5. The van der Waals surface area contributed by atoms with Gasteiger partial charge < -0.3 is 10.3 Å². The summed E-state index contributed by atoms with van der Waals surface area (Å²) in [5.74, 6) is 0. The van der Waals surface area contributed by atoms with E-state index in [4.69, 9.17) is 5.73 Å². The third-order valence-corrected chi connectivity index (χ3v) is 4.37. The molecule has 2 heterocycles. The first-order valence-corrected chi connectivity index (χ1v) is 8.28. The number of aromatic nitrogens is 4. The molecule has 0 radical (unpaired) electrons. The number of sulfonamides is 1. The smallest absolute Gasteiger partial charge is 0.243 e. The molecule has 0 aromatic carbocycles. The van der Waals surface area contributed by atoms with Crippen molar-refractivity contribution in [3.63, 3.8) is 0 Å². The fourth-order valence-electron chi connectivity index (χ4n) is 1.83. The number of nitrogens with zero attached hydrogens (tertiary/aromatic N) is 4. The summed E-state index contributed by atoms with van der Waals surface area (Å²) in [6.07, 6.45) is 9.57. The molecule has 0 aliphatic carbocycles. The zero-order valence-electron chi connectivity index (χ0n) is 11.7. The zero-order chi connectivity index (χ0) is 15.1. The number of hydrogen-bond donors (Lipinski definition) is 2. The number of imidazole rings is 1. The normalized spacial score (nSPS) is 11.9. The Morgan fingerprint density at radius 2 is 2.14 bits per heavy atom. The molecular weight excluding hydrogens is 292 g/mol.